The molecule has 0 saturated heterocycles. The van der Waals surface area contributed by atoms with Crippen LogP contribution in [0.1, 0.15) is 92.4 Å². The zero-order valence-corrected chi connectivity index (χ0v) is 23.4. The first-order chi connectivity index (χ1) is 17.0. The number of aliphatic hydroxyl groups is 2. The number of allylic oxidation sites excluding steroid dienone is 5. The van der Waals surface area contributed by atoms with E-state index in [-0.39, 0.29) is 10.8 Å². The van der Waals surface area contributed by atoms with Gasteiger partial charge < -0.3 is 15.1 Å². The zero-order chi connectivity index (χ0) is 26.5. The minimum atomic E-state index is -0.631. The van der Waals surface area contributed by atoms with E-state index < -0.39 is 12.2 Å². The molecule has 5 atom stereocenters. The number of hydrogen-bond donors (Lipinski definition) is 2. The summed E-state index contributed by atoms with van der Waals surface area (Å²) in [5.74, 6) is 1.10. The summed E-state index contributed by atoms with van der Waals surface area (Å²) in [6.45, 7) is 19.7. The fourth-order valence-corrected chi connectivity index (χ4v) is 6.54. The SMILES string of the molecule is C=CCON=C(CCC[C@@H](C)C1=CC[C@H]2C(=CC=C3C[C@@H](O)C[C@H](O)C3=C)CCC[C@]12C)C(C)(C)C. The highest BCUT2D eigenvalue weighted by atomic mass is 16.6. The number of fused-ring (bicyclic) bond motifs is 1. The highest BCUT2D eigenvalue weighted by molar-refractivity contribution is 5.88. The predicted molar refractivity (Wildman–Crippen MR) is 151 cm³/mol. The van der Waals surface area contributed by atoms with Crippen molar-refractivity contribution in [3.05, 3.63) is 59.8 Å². The fraction of sp³-hybridized carbons (Fsp3) is 0.656. The van der Waals surface area contributed by atoms with Crippen molar-refractivity contribution in [2.24, 2.45) is 27.8 Å². The van der Waals surface area contributed by atoms with Crippen molar-refractivity contribution in [2.45, 2.75) is 105 Å². The molecule has 200 valence electrons. The molecule has 0 heterocycles. The average molecular weight is 496 g/mol. The predicted octanol–water partition coefficient (Wildman–Crippen LogP) is 7.46. The Hall–Kier alpha value is -1.91. The summed E-state index contributed by atoms with van der Waals surface area (Å²) >= 11 is 0. The van der Waals surface area contributed by atoms with Gasteiger partial charge in [-0.2, -0.15) is 0 Å². The molecule has 0 aromatic carbocycles. The first-order valence-corrected chi connectivity index (χ1v) is 13.9. The molecule has 0 aromatic rings. The summed E-state index contributed by atoms with van der Waals surface area (Å²) < 4.78 is 0. The Morgan fingerprint density at radius 3 is 2.75 bits per heavy atom. The molecule has 0 aromatic heterocycles. The Bertz CT molecular complexity index is 932. The number of aliphatic hydroxyl groups excluding tert-OH is 2. The van der Waals surface area contributed by atoms with Crippen LogP contribution >= 0.6 is 0 Å². The van der Waals surface area contributed by atoms with Crippen molar-refractivity contribution in [3.63, 3.8) is 0 Å². The van der Waals surface area contributed by atoms with E-state index in [2.05, 4.69) is 71.2 Å². The van der Waals surface area contributed by atoms with E-state index >= 15 is 0 Å². The van der Waals surface area contributed by atoms with Crippen molar-refractivity contribution in [1.29, 1.82) is 0 Å². The molecule has 0 amide bonds. The van der Waals surface area contributed by atoms with Gasteiger partial charge in [0, 0.05) is 11.8 Å². The van der Waals surface area contributed by atoms with Crippen LogP contribution in [0.4, 0.5) is 0 Å². The van der Waals surface area contributed by atoms with Gasteiger partial charge in [-0.25, -0.2) is 0 Å². The first kappa shape index (κ1) is 28.7. The Morgan fingerprint density at radius 1 is 1.31 bits per heavy atom. The lowest BCUT2D eigenvalue weighted by molar-refractivity contribution is 0.0862. The van der Waals surface area contributed by atoms with Crippen LogP contribution in [0.2, 0.25) is 0 Å². The summed E-state index contributed by atoms with van der Waals surface area (Å²) in [4.78, 5) is 5.43. The molecule has 0 aliphatic heterocycles. The lowest BCUT2D eigenvalue weighted by Crippen LogP contribution is -2.32. The molecule has 0 unspecified atom stereocenters. The third kappa shape index (κ3) is 6.69. The summed E-state index contributed by atoms with van der Waals surface area (Å²) in [6.07, 6.45) is 16.4. The Morgan fingerprint density at radius 2 is 2.06 bits per heavy atom. The summed E-state index contributed by atoms with van der Waals surface area (Å²) in [5, 5.41) is 24.7. The van der Waals surface area contributed by atoms with Gasteiger partial charge in [-0.1, -0.05) is 88.4 Å². The van der Waals surface area contributed by atoms with E-state index in [0.717, 1.165) is 49.0 Å². The maximum absolute atomic E-state index is 10.2. The maximum Gasteiger partial charge on any atom is 0.135 e. The molecule has 0 spiro atoms. The minimum absolute atomic E-state index is 0.00140. The van der Waals surface area contributed by atoms with Crippen LogP contribution in [0, 0.1) is 22.7 Å². The van der Waals surface area contributed by atoms with Gasteiger partial charge in [-0.15, -0.1) is 0 Å². The monoisotopic (exact) mass is 495 g/mol. The molecule has 4 nitrogen and oxygen atoms in total. The molecule has 2 N–H and O–H groups in total. The third-order valence-corrected chi connectivity index (χ3v) is 8.69. The molecule has 3 aliphatic carbocycles. The van der Waals surface area contributed by atoms with Crippen LogP contribution in [0.15, 0.2) is 64.9 Å². The van der Waals surface area contributed by atoms with Gasteiger partial charge >= 0.3 is 0 Å². The first-order valence-electron chi connectivity index (χ1n) is 13.9. The van der Waals surface area contributed by atoms with Gasteiger partial charge in [0.25, 0.3) is 0 Å². The van der Waals surface area contributed by atoms with Crippen LogP contribution in [0.3, 0.4) is 0 Å². The van der Waals surface area contributed by atoms with Crippen LogP contribution in [0.5, 0.6) is 0 Å². The van der Waals surface area contributed by atoms with Crippen molar-refractivity contribution in [1.82, 2.24) is 0 Å². The van der Waals surface area contributed by atoms with Crippen molar-refractivity contribution >= 4 is 5.71 Å². The van der Waals surface area contributed by atoms with Crippen molar-refractivity contribution < 1.29 is 15.1 Å². The lowest BCUT2D eigenvalue weighted by atomic mass is 9.62. The third-order valence-electron chi connectivity index (χ3n) is 8.69. The number of oxime groups is 1. The van der Waals surface area contributed by atoms with E-state index in [9.17, 15) is 10.2 Å². The minimum Gasteiger partial charge on any atom is -0.393 e. The van der Waals surface area contributed by atoms with Crippen LogP contribution in [-0.4, -0.2) is 34.7 Å². The Balaban J connectivity index is 1.65. The van der Waals surface area contributed by atoms with E-state index in [1.54, 1.807) is 11.6 Å². The largest absolute Gasteiger partial charge is 0.393 e. The highest BCUT2D eigenvalue weighted by Gasteiger charge is 2.45. The van der Waals surface area contributed by atoms with E-state index in [1.807, 2.05) is 0 Å². The summed E-state index contributed by atoms with van der Waals surface area (Å²) in [5.41, 5.74) is 6.25. The van der Waals surface area contributed by atoms with E-state index in [4.69, 9.17) is 4.84 Å². The van der Waals surface area contributed by atoms with Crippen molar-refractivity contribution in [2.75, 3.05) is 6.61 Å². The maximum atomic E-state index is 10.2. The second kappa shape index (κ2) is 12.1. The van der Waals surface area contributed by atoms with Crippen LogP contribution < -0.4 is 0 Å². The van der Waals surface area contributed by atoms with Gasteiger partial charge in [-0.3, -0.25) is 0 Å². The summed E-state index contributed by atoms with van der Waals surface area (Å²) in [7, 11) is 0. The molecular weight excluding hydrogens is 446 g/mol. The molecule has 36 heavy (non-hydrogen) atoms. The van der Waals surface area contributed by atoms with Gasteiger partial charge in [0.05, 0.1) is 17.9 Å². The Kier molecular flexibility index (Phi) is 9.62. The highest BCUT2D eigenvalue weighted by Crippen LogP contribution is 2.57. The summed E-state index contributed by atoms with van der Waals surface area (Å²) in [6, 6.07) is 0. The van der Waals surface area contributed by atoms with Gasteiger partial charge in [-0.05, 0) is 79.8 Å². The molecule has 4 heteroatoms. The zero-order valence-electron chi connectivity index (χ0n) is 23.4. The second-order valence-electron chi connectivity index (χ2n) is 12.5. The van der Waals surface area contributed by atoms with Gasteiger partial charge in [0.2, 0.25) is 0 Å². The molecule has 0 radical (unpaired) electrons. The number of rotatable bonds is 9. The van der Waals surface area contributed by atoms with E-state index in [0.29, 0.717) is 31.3 Å². The molecule has 3 aliphatic rings. The lowest BCUT2D eigenvalue weighted by Gasteiger charge is -2.42. The smallest absolute Gasteiger partial charge is 0.135 e. The molecule has 3 rings (SSSR count). The second-order valence-corrected chi connectivity index (χ2v) is 12.5. The normalized spacial score (nSPS) is 32.4. The van der Waals surface area contributed by atoms with Gasteiger partial charge in [0.1, 0.15) is 6.61 Å². The molecule has 0 bridgehead atoms. The fourth-order valence-electron chi connectivity index (χ4n) is 6.54. The molecule has 2 fully saturated rings. The number of nitrogens with zero attached hydrogens (tertiary/aromatic N) is 1. The number of hydrogen-bond acceptors (Lipinski definition) is 4. The standard InChI is InChI=1S/C32H49NO3/c1-8-19-36-33-30(31(4,5)6)13-9-11-22(2)27-16-17-28-24(12-10-18-32(27,28)7)14-15-25-20-26(34)21-29(35)23(25)3/h8,14-16,22,26,28-29,34-35H,1,3,9-13,17-21H2,2,4-7H3/t22-,26-,28+,29+,32-/m1/s1. The van der Waals surface area contributed by atoms with Gasteiger partial charge in [0.15, 0.2) is 0 Å². The Labute approximate surface area is 219 Å². The van der Waals surface area contributed by atoms with E-state index in [1.165, 1.54) is 18.4 Å². The van der Waals surface area contributed by atoms with Crippen molar-refractivity contribution in [3.8, 4) is 0 Å². The average Bonchev–Trinajstić information content (AvgIpc) is 3.16. The topological polar surface area (TPSA) is 62.0 Å². The quantitative estimate of drug-likeness (QED) is 0.151. The molecular formula is C32H49NO3. The van der Waals surface area contributed by atoms with Crippen LogP contribution in [0.25, 0.3) is 0 Å². The van der Waals surface area contributed by atoms with Crippen LogP contribution in [-0.2, 0) is 4.84 Å². The molecule has 2 saturated carbocycles.